The molecule has 5 nitrogen and oxygen atoms in total. The van der Waals surface area contributed by atoms with Crippen molar-refractivity contribution in [1.29, 1.82) is 0 Å². The lowest BCUT2D eigenvalue weighted by Crippen LogP contribution is -2.31. The van der Waals surface area contributed by atoms with Crippen molar-refractivity contribution in [3.8, 4) is 0 Å². The van der Waals surface area contributed by atoms with E-state index in [2.05, 4.69) is 0 Å². The maximum absolute atomic E-state index is 12.4. The van der Waals surface area contributed by atoms with Crippen molar-refractivity contribution in [3.05, 3.63) is 18.0 Å². The standard InChI is InChI=1S/C13H21N3O2/c1-9(2)16-7-11(14)5-12(16)13(18)15-4-3-10(6-15)8-17/h5,7,9-10,17H,3-4,6,8,14H2,1-2H3. The highest BCUT2D eigenvalue weighted by Crippen LogP contribution is 2.22. The SMILES string of the molecule is CC(C)n1cc(N)cc1C(=O)N1CCC(CO)C1. The quantitative estimate of drug-likeness (QED) is 0.845. The lowest BCUT2D eigenvalue weighted by Gasteiger charge is -2.19. The van der Waals surface area contributed by atoms with E-state index in [0.717, 1.165) is 6.42 Å². The first kappa shape index (κ1) is 13.0. The summed E-state index contributed by atoms with van der Waals surface area (Å²) in [6, 6.07) is 1.94. The molecule has 0 radical (unpaired) electrons. The van der Waals surface area contributed by atoms with E-state index in [1.165, 1.54) is 0 Å². The molecular weight excluding hydrogens is 230 g/mol. The van der Waals surface area contributed by atoms with E-state index >= 15 is 0 Å². The molecule has 0 spiro atoms. The molecule has 3 N–H and O–H groups in total. The number of nitrogen functional groups attached to an aromatic ring is 1. The number of nitrogens with two attached hydrogens (primary N) is 1. The van der Waals surface area contributed by atoms with Gasteiger partial charge in [-0.1, -0.05) is 0 Å². The molecule has 1 aromatic heterocycles. The maximum Gasteiger partial charge on any atom is 0.270 e. The van der Waals surface area contributed by atoms with Crippen LogP contribution in [-0.2, 0) is 0 Å². The summed E-state index contributed by atoms with van der Waals surface area (Å²) in [4.78, 5) is 14.2. The van der Waals surface area contributed by atoms with Crippen LogP contribution in [0.1, 0.15) is 36.8 Å². The molecule has 1 aromatic rings. The van der Waals surface area contributed by atoms with Crippen LogP contribution in [0.5, 0.6) is 0 Å². The van der Waals surface area contributed by atoms with Crippen LogP contribution in [0.25, 0.3) is 0 Å². The number of carbonyl (C=O) groups excluding carboxylic acids is 1. The van der Waals surface area contributed by atoms with Crippen LogP contribution in [0.15, 0.2) is 12.3 Å². The molecule has 1 atom stereocenters. The van der Waals surface area contributed by atoms with Crippen molar-refractivity contribution in [2.75, 3.05) is 25.4 Å². The summed E-state index contributed by atoms with van der Waals surface area (Å²) in [5, 5.41) is 9.12. The number of rotatable bonds is 3. The zero-order chi connectivity index (χ0) is 13.3. The van der Waals surface area contributed by atoms with Crippen LogP contribution in [-0.4, -0.2) is 40.2 Å². The van der Waals surface area contributed by atoms with Crippen molar-refractivity contribution in [3.63, 3.8) is 0 Å². The summed E-state index contributed by atoms with van der Waals surface area (Å²) >= 11 is 0. The van der Waals surface area contributed by atoms with Gasteiger partial charge < -0.3 is 20.3 Å². The Morgan fingerprint density at radius 2 is 2.33 bits per heavy atom. The number of aliphatic hydroxyl groups excluding tert-OH is 1. The summed E-state index contributed by atoms with van der Waals surface area (Å²) in [7, 11) is 0. The van der Waals surface area contributed by atoms with Crippen LogP contribution in [0.4, 0.5) is 5.69 Å². The molecule has 1 amide bonds. The van der Waals surface area contributed by atoms with Crippen molar-refractivity contribution >= 4 is 11.6 Å². The zero-order valence-electron chi connectivity index (χ0n) is 11.0. The van der Waals surface area contributed by atoms with Gasteiger partial charge in [0.25, 0.3) is 5.91 Å². The highest BCUT2D eigenvalue weighted by molar-refractivity contribution is 5.94. The minimum absolute atomic E-state index is 0.0105. The summed E-state index contributed by atoms with van der Waals surface area (Å²) in [6.45, 7) is 5.55. The molecule has 100 valence electrons. The van der Waals surface area contributed by atoms with Crippen molar-refractivity contribution < 1.29 is 9.90 Å². The van der Waals surface area contributed by atoms with Crippen LogP contribution in [0.2, 0.25) is 0 Å². The third-order valence-corrected chi connectivity index (χ3v) is 3.48. The summed E-state index contributed by atoms with van der Waals surface area (Å²) in [5.74, 6) is 0.227. The molecule has 1 aliphatic rings. The van der Waals surface area contributed by atoms with Gasteiger partial charge in [0.2, 0.25) is 0 Å². The molecule has 1 saturated heterocycles. The van der Waals surface area contributed by atoms with E-state index in [1.807, 2.05) is 18.4 Å². The number of anilines is 1. The van der Waals surface area contributed by atoms with Gasteiger partial charge in [0, 0.05) is 37.9 Å². The molecular formula is C13H21N3O2. The van der Waals surface area contributed by atoms with Crippen LogP contribution >= 0.6 is 0 Å². The van der Waals surface area contributed by atoms with Gasteiger partial charge in [-0.15, -0.1) is 0 Å². The lowest BCUT2D eigenvalue weighted by atomic mass is 10.1. The van der Waals surface area contributed by atoms with Crippen LogP contribution in [0, 0.1) is 5.92 Å². The molecule has 0 aliphatic carbocycles. The van der Waals surface area contributed by atoms with Gasteiger partial charge in [0.05, 0.1) is 5.69 Å². The largest absolute Gasteiger partial charge is 0.397 e. The van der Waals surface area contributed by atoms with Crippen molar-refractivity contribution in [1.82, 2.24) is 9.47 Å². The van der Waals surface area contributed by atoms with E-state index in [9.17, 15) is 4.79 Å². The van der Waals surface area contributed by atoms with E-state index in [4.69, 9.17) is 10.8 Å². The molecule has 2 heterocycles. The maximum atomic E-state index is 12.4. The Kier molecular flexibility index (Phi) is 3.61. The summed E-state index contributed by atoms with van der Waals surface area (Å²) in [5.41, 5.74) is 7.03. The van der Waals surface area contributed by atoms with E-state index in [-0.39, 0.29) is 24.5 Å². The number of carbonyl (C=O) groups is 1. The predicted octanol–water partition coefficient (Wildman–Crippen LogP) is 1.11. The second kappa shape index (κ2) is 5.02. The van der Waals surface area contributed by atoms with Gasteiger partial charge in [0.15, 0.2) is 0 Å². The van der Waals surface area contributed by atoms with Gasteiger partial charge >= 0.3 is 0 Å². The van der Waals surface area contributed by atoms with Gasteiger partial charge in [-0.3, -0.25) is 4.79 Å². The van der Waals surface area contributed by atoms with Gasteiger partial charge in [-0.25, -0.2) is 0 Å². The Bertz CT molecular complexity index is 439. The van der Waals surface area contributed by atoms with Gasteiger partial charge in [0.1, 0.15) is 5.69 Å². The third kappa shape index (κ3) is 2.36. The topological polar surface area (TPSA) is 71.5 Å². The van der Waals surface area contributed by atoms with Gasteiger partial charge in [-0.2, -0.15) is 0 Å². The molecule has 0 saturated carbocycles. The zero-order valence-corrected chi connectivity index (χ0v) is 11.0. The van der Waals surface area contributed by atoms with Crippen LogP contribution < -0.4 is 5.73 Å². The van der Waals surface area contributed by atoms with E-state index in [0.29, 0.717) is 24.5 Å². The average molecular weight is 251 g/mol. The fraction of sp³-hybridized carbons (Fsp3) is 0.615. The van der Waals surface area contributed by atoms with Gasteiger partial charge in [-0.05, 0) is 26.3 Å². The molecule has 2 rings (SSSR count). The van der Waals surface area contributed by atoms with Crippen molar-refractivity contribution in [2.45, 2.75) is 26.3 Å². The number of hydrogen-bond donors (Lipinski definition) is 2. The molecule has 0 aromatic carbocycles. The first-order valence-corrected chi connectivity index (χ1v) is 6.40. The number of likely N-dealkylation sites (tertiary alicyclic amines) is 1. The first-order valence-electron chi connectivity index (χ1n) is 6.40. The number of aliphatic hydroxyl groups is 1. The Morgan fingerprint density at radius 1 is 1.61 bits per heavy atom. The molecule has 1 unspecified atom stereocenters. The minimum Gasteiger partial charge on any atom is -0.397 e. The lowest BCUT2D eigenvalue weighted by molar-refractivity contribution is 0.0769. The molecule has 1 aliphatic heterocycles. The Hall–Kier alpha value is -1.49. The van der Waals surface area contributed by atoms with E-state index < -0.39 is 0 Å². The van der Waals surface area contributed by atoms with Crippen LogP contribution in [0.3, 0.4) is 0 Å². The highest BCUT2D eigenvalue weighted by atomic mass is 16.3. The second-order valence-electron chi connectivity index (χ2n) is 5.25. The average Bonchev–Trinajstić information content (AvgIpc) is 2.94. The first-order chi connectivity index (χ1) is 8.52. The number of nitrogens with zero attached hydrogens (tertiary/aromatic N) is 2. The number of amides is 1. The molecule has 18 heavy (non-hydrogen) atoms. The smallest absolute Gasteiger partial charge is 0.270 e. The summed E-state index contributed by atoms with van der Waals surface area (Å²) < 4.78 is 1.91. The number of aromatic nitrogens is 1. The molecule has 1 fully saturated rings. The Labute approximate surface area is 107 Å². The second-order valence-corrected chi connectivity index (χ2v) is 5.25. The predicted molar refractivity (Wildman–Crippen MR) is 70.3 cm³/mol. The highest BCUT2D eigenvalue weighted by Gasteiger charge is 2.28. The minimum atomic E-state index is 0.0105. The molecule has 0 bridgehead atoms. The van der Waals surface area contributed by atoms with Crippen molar-refractivity contribution in [2.24, 2.45) is 5.92 Å². The Morgan fingerprint density at radius 3 is 2.89 bits per heavy atom. The summed E-state index contributed by atoms with van der Waals surface area (Å²) in [6.07, 6.45) is 2.68. The normalized spacial score (nSPS) is 19.8. The van der Waals surface area contributed by atoms with E-state index in [1.54, 1.807) is 17.2 Å². The Balaban J connectivity index is 2.19. The monoisotopic (exact) mass is 251 g/mol. The molecule has 5 heteroatoms. The number of hydrogen-bond acceptors (Lipinski definition) is 3. The fourth-order valence-corrected chi connectivity index (χ4v) is 2.43. The fourth-order valence-electron chi connectivity index (χ4n) is 2.43. The third-order valence-electron chi connectivity index (χ3n) is 3.48.